The van der Waals surface area contributed by atoms with Crippen LogP contribution in [0.4, 0.5) is 10.5 Å². The van der Waals surface area contributed by atoms with Crippen molar-refractivity contribution in [3.8, 4) is 0 Å². The smallest absolute Gasteiger partial charge is 0.318 e. The molecule has 23 heavy (non-hydrogen) atoms. The Kier molecular flexibility index (Phi) is 4.79. The number of nitrogens with one attached hydrogen (secondary N) is 1. The van der Waals surface area contributed by atoms with Gasteiger partial charge in [0.25, 0.3) is 0 Å². The Hall–Kier alpha value is -2.11. The molecule has 3 amide bonds. The molecule has 0 aliphatic carbocycles. The Morgan fingerprint density at radius 3 is 2.74 bits per heavy atom. The number of hydrogen-bond acceptors (Lipinski definition) is 3. The van der Waals surface area contributed by atoms with E-state index in [1.807, 2.05) is 17.0 Å². The van der Waals surface area contributed by atoms with Crippen LogP contribution in [0.3, 0.4) is 0 Å². The van der Waals surface area contributed by atoms with Gasteiger partial charge in [0.15, 0.2) is 0 Å². The Morgan fingerprint density at radius 2 is 2.04 bits per heavy atom. The molecule has 6 heteroatoms. The molecule has 0 saturated carbocycles. The fourth-order valence-electron chi connectivity index (χ4n) is 3.23. The second kappa shape index (κ2) is 6.98. The number of pyridine rings is 1. The molecule has 1 unspecified atom stereocenters. The fourth-order valence-corrected chi connectivity index (χ4v) is 3.23. The summed E-state index contributed by atoms with van der Waals surface area (Å²) in [7, 11) is 0. The van der Waals surface area contributed by atoms with E-state index in [1.165, 1.54) is 0 Å². The lowest BCUT2D eigenvalue weighted by atomic mass is 9.99. The van der Waals surface area contributed by atoms with Gasteiger partial charge in [-0.25, -0.2) is 4.79 Å². The van der Waals surface area contributed by atoms with E-state index >= 15 is 0 Å². The maximum Gasteiger partial charge on any atom is 0.318 e. The molecule has 6 nitrogen and oxygen atoms in total. The second-order valence-corrected chi connectivity index (χ2v) is 6.51. The topological polar surface area (TPSA) is 65.5 Å². The molecule has 124 valence electrons. The minimum atomic E-state index is -0.434. The number of aromatic nitrogens is 1. The Bertz CT molecular complexity index is 555. The quantitative estimate of drug-likeness (QED) is 0.908. The Labute approximate surface area is 136 Å². The van der Waals surface area contributed by atoms with Crippen LogP contribution >= 0.6 is 0 Å². The summed E-state index contributed by atoms with van der Waals surface area (Å²) in [4.78, 5) is 32.7. The van der Waals surface area contributed by atoms with Crippen LogP contribution in [0, 0.1) is 5.92 Å². The number of piperidine rings is 2. The summed E-state index contributed by atoms with van der Waals surface area (Å²) in [5.74, 6) is 0.638. The number of amides is 3. The van der Waals surface area contributed by atoms with Crippen LogP contribution in [0.5, 0.6) is 0 Å². The van der Waals surface area contributed by atoms with Crippen LogP contribution < -0.4 is 10.2 Å². The van der Waals surface area contributed by atoms with Crippen molar-refractivity contribution in [2.45, 2.75) is 38.6 Å². The number of anilines is 1. The van der Waals surface area contributed by atoms with Crippen LogP contribution in [0.25, 0.3) is 0 Å². The predicted octanol–water partition coefficient (Wildman–Crippen LogP) is 2.02. The molecule has 2 saturated heterocycles. The molecule has 1 aromatic rings. The number of likely N-dealkylation sites (tertiary alicyclic amines) is 1. The van der Waals surface area contributed by atoms with Crippen molar-refractivity contribution < 1.29 is 9.59 Å². The van der Waals surface area contributed by atoms with E-state index in [-0.39, 0.29) is 11.9 Å². The molecule has 3 heterocycles. The highest BCUT2D eigenvalue weighted by Crippen LogP contribution is 2.21. The van der Waals surface area contributed by atoms with Gasteiger partial charge in [0.1, 0.15) is 6.04 Å². The maximum absolute atomic E-state index is 12.7. The van der Waals surface area contributed by atoms with Crippen LogP contribution in [0.15, 0.2) is 24.5 Å². The number of rotatable bonds is 2. The van der Waals surface area contributed by atoms with Gasteiger partial charge in [0.05, 0.1) is 11.9 Å². The lowest BCUT2D eigenvalue weighted by Gasteiger charge is -2.35. The molecule has 0 radical (unpaired) electrons. The summed E-state index contributed by atoms with van der Waals surface area (Å²) in [6.07, 6.45) is 7.03. The van der Waals surface area contributed by atoms with Gasteiger partial charge in [-0.3, -0.25) is 9.78 Å². The third kappa shape index (κ3) is 3.63. The standard InChI is InChI=1S/C17H24N4O2/c1-13-6-10-20(11-7-13)17(23)19-15-5-3-9-21(16(15)22)14-4-2-8-18-12-14/h2,4,8,12-13,15H,3,5-7,9-11H2,1H3,(H,19,23). The summed E-state index contributed by atoms with van der Waals surface area (Å²) >= 11 is 0. The second-order valence-electron chi connectivity index (χ2n) is 6.51. The minimum absolute atomic E-state index is 0.0389. The largest absolute Gasteiger partial charge is 0.326 e. The summed E-state index contributed by atoms with van der Waals surface area (Å²) in [6, 6.07) is 3.15. The molecule has 3 rings (SSSR count). The maximum atomic E-state index is 12.7. The number of nitrogens with zero attached hydrogens (tertiary/aromatic N) is 3. The van der Waals surface area contributed by atoms with Crippen molar-refractivity contribution in [3.63, 3.8) is 0 Å². The number of carbonyl (C=O) groups excluding carboxylic acids is 2. The van der Waals surface area contributed by atoms with Crippen molar-refractivity contribution in [1.29, 1.82) is 0 Å². The summed E-state index contributed by atoms with van der Waals surface area (Å²) in [5.41, 5.74) is 0.795. The number of hydrogen-bond donors (Lipinski definition) is 1. The van der Waals surface area contributed by atoms with Crippen molar-refractivity contribution in [2.75, 3.05) is 24.5 Å². The van der Waals surface area contributed by atoms with Gasteiger partial charge < -0.3 is 15.1 Å². The van der Waals surface area contributed by atoms with Gasteiger partial charge in [-0.1, -0.05) is 6.92 Å². The zero-order valence-corrected chi connectivity index (χ0v) is 13.6. The minimum Gasteiger partial charge on any atom is -0.326 e. The average Bonchev–Trinajstić information content (AvgIpc) is 2.58. The van der Waals surface area contributed by atoms with E-state index in [2.05, 4.69) is 17.2 Å². The summed E-state index contributed by atoms with van der Waals surface area (Å²) in [5, 5.41) is 2.93. The molecule has 1 aromatic heterocycles. The molecule has 2 aliphatic heterocycles. The molecule has 1 N–H and O–H groups in total. The third-order valence-corrected chi connectivity index (χ3v) is 4.76. The van der Waals surface area contributed by atoms with Gasteiger partial charge in [0.2, 0.25) is 5.91 Å². The SMILES string of the molecule is CC1CCN(C(=O)NC2CCCN(c3cccnc3)C2=O)CC1. The highest BCUT2D eigenvalue weighted by molar-refractivity contribution is 5.99. The monoisotopic (exact) mass is 316 g/mol. The first-order valence-electron chi connectivity index (χ1n) is 8.42. The lowest BCUT2D eigenvalue weighted by Crippen LogP contribution is -2.56. The predicted molar refractivity (Wildman–Crippen MR) is 88.1 cm³/mol. The Morgan fingerprint density at radius 1 is 1.26 bits per heavy atom. The molecule has 0 bridgehead atoms. The van der Waals surface area contributed by atoms with Crippen LogP contribution in [-0.2, 0) is 4.79 Å². The van der Waals surface area contributed by atoms with E-state index in [0.29, 0.717) is 18.9 Å². The summed E-state index contributed by atoms with van der Waals surface area (Å²) in [6.45, 7) is 4.45. The van der Waals surface area contributed by atoms with Crippen molar-refractivity contribution >= 4 is 17.6 Å². The molecule has 2 fully saturated rings. The zero-order chi connectivity index (χ0) is 16.2. The molecule has 0 spiro atoms. The molecular weight excluding hydrogens is 292 g/mol. The number of carbonyl (C=O) groups is 2. The fraction of sp³-hybridized carbons (Fsp3) is 0.588. The highest BCUT2D eigenvalue weighted by atomic mass is 16.2. The van der Waals surface area contributed by atoms with E-state index in [4.69, 9.17) is 0 Å². The van der Waals surface area contributed by atoms with Crippen molar-refractivity contribution in [1.82, 2.24) is 15.2 Å². The average molecular weight is 316 g/mol. The van der Waals surface area contributed by atoms with Gasteiger partial charge >= 0.3 is 6.03 Å². The van der Waals surface area contributed by atoms with Crippen molar-refractivity contribution in [3.05, 3.63) is 24.5 Å². The van der Waals surface area contributed by atoms with Crippen molar-refractivity contribution in [2.24, 2.45) is 5.92 Å². The van der Waals surface area contributed by atoms with E-state index in [9.17, 15) is 9.59 Å². The van der Waals surface area contributed by atoms with Crippen LogP contribution in [-0.4, -0.2) is 47.5 Å². The lowest BCUT2D eigenvalue weighted by molar-refractivity contribution is -0.121. The normalized spacial score (nSPS) is 23.0. The van der Waals surface area contributed by atoms with Crippen LogP contribution in [0.1, 0.15) is 32.6 Å². The van der Waals surface area contributed by atoms with Gasteiger partial charge in [0, 0.05) is 25.8 Å². The first-order valence-corrected chi connectivity index (χ1v) is 8.42. The first-order chi connectivity index (χ1) is 11.1. The zero-order valence-electron chi connectivity index (χ0n) is 13.6. The number of urea groups is 1. The first kappa shape index (κ1) is 15.8. The van der Waals surface area contributed by atoms with E-state index < -0.39 is 6.04 Å². The van der Waals surface area contributed by atoms with Gasteiger partial charge in [-0.2, -0.15) is 0 Å². The van der Waals surface area contributed by atoms with E-state index in [1.54, 1.807) is 17.3 Å². The molecular formula is C17H24N4O2. The van der Waals surface area contributed by atoms with Crippen LogP contribution in [0.2, 0.25) is 0 Å². The van der Waals surface area contributed by atoms with Gasteiger partial charge in [-0.15, -0.1) is 0 Å². The van der Waals surface area contributed by atoms with E-state index in [0.717, 1.165) is 38.0 Å². The highest BCUT2D eigenvalue weighted by Gasteiger charge is 2.32. The molecule has 2 aliphatic rings. The third-order valence-electron chi connectivity index (χ3n) is 4.76. The molecule has 0 aromatic carbocycles. The van der Waals surface area contributed by atoms with Gasteiger partial charge in [-0.05, 0) is 43.7 Å². The summed E-state index contributed by atoms with van der Waals surface area (Å²) < 4.78 is 0. The Balaban J connectivity index is 1.61. The molecule has 1 atom stereocenters.